The molecule has 0 saturated heterocycles. The summed E-state index contributed by atoms with van der Waals surface area (Å²) in [5, 5.41) is 7.82. The SMILES string of the molecule is COc1ccc(-n2nc(C(C)(C)C)c3c2N(CC(=O)NCc2ccncc2)C(=O)CSC3c2ccc(OC)c(OC)c2)cc1. The van der Waals surface area contributed by atoms with Crippen molar-refractivity contribution in [1.82, 2.24) is 20.1 Å². The summed E-state index contributed by atoms with van der Waals surface area (Å²) in [5.74, 6) is 2.17. The zero-order chi connectivity index (χ0) is 31.4. The third-order valence-corrected chi connectivity index (χ3v) is 8.62. The van der Waals surface area contributed by atoms with E-state index in [1.165, 1.54) is 11.8 Å². The number of ether oxygens (including phenoxy) is 3. The van der Waals surface area contributed by atoms with Crippen molar-refractivity contribution in [1.29, 1.82) is 0 Å². The highest BCUT2D eigenvalue weighted by Crippen LogP contribution is 2.49. The van der Waals surface area contributed by atoms with E-state index in [2.05, 4.69) is 31.1 Å². The van der Waals surface area contributed by atoms with Crippen molar-refractivity contribution in [2.45, 2.75) is 38.0 Å². The quantitative estimate of drug-likeness (QED) is 0.278. The van der Waals surface area contributed by atoms with Gasteiger partial charge >= 0.3 is 0 Å². The van der Waals surface area contributed by atoms with Gasteiger partial charge in [-0.25, -0.2) is 4.68 Å². The first-order valence-electron chi connectivity index (χ1n) is 14.2. The standard InChI is InChI=1S/C33H37N5O5S/c1-33(2,3)31-29-30(22-7-12-25(42-5)26(17-22)43-6)44-20-28(40)37(19-27(39)35-18-21-13-15-34-16-14-21)32(29)38(36-31)23-8-10-24(41-4)11-9-23/h7-17,30H,18-20H2,1-6H3,(H,35,39). The fourth-order valence-corrected chi connectivity index (χ4v) is 6.34. The van der Waals surface area contributed by atoms with Crippen molar-refractivity contribution in [2.75, 3.05) is 38.5 Å². The average Bonchev–Trinajstić information content (AvgIpc) is 3.37. The highest BCUT2D eigenvalue weighted by Gasteiger charge is 2.40. The van der Waals surface area contributed by atoms with Gasteiger partial charge in [-0.3, -0.25) is 19.5 Å². The Morgan fingerprint density at radius 1 is 0.977 bits per heavy atom. The molecule has 0 aliphatic carbocycles. The van der Waals surface area contributed by atoms with Crippen molar-refractivity contribution in [2.24, 2.45) is 0 Å². The van der Waals surface area contributed by atoms with Gasteiger partial charge in [-0.05, 0) is 59.7 Å². The van der Waals surface area contributed by atoms with Crippen LogP contribution in [0.2, 0.25) is 0 Å². The fraction of sp³-hybridized carbons (Fsp3) is 0.333. The number of nitrogens with zero attached hydrogens (tertiary/aromatic N) is 4. The van der Waals surface area contributed by atoms with E-state index in [1.807, 2.05) is 54.6 Å². The second-order valence-electron chi connectivity index (χ2n) is 11.4. The van der Waals surface area contributed by atoms with Crippen molar-refractivity contribution in [3.05, 3.63) is 89.4 Å². The highest BCUT2D eigenvalue weighted by atomic mass is 32.2. The van der Waals surface area contributed by atoms with E-state index < -0.39 is 0 Å². The van der Waals surface area contributed by atoms with Gasteiger partial charge in [0.1, 0.15) is 18.1 Å². The number of nitrogens with one attached hydrogen (secondary N) is 1. The molecule has 0 saturated carbocycles. The summed E-state index contributed by atoms with van der Waals surface area (Å²) in [7, 11) is 4.82. The third kappa shape index (κ3) is 6.37. The van der Waals surface area contributed by atoms with Crippen molar-refractivity contribution in [3.8, 4) is 22.9 Å². The summed E-state index contributed by atoms with van der Waals surface area (Å²) in [6.45, 7) is 6.46. The lowest BCUT2D eigenvalue weighted by atomic mass is 9.87. The first-order valence-corrected chi connectivity index (χ1v) is 15.3. The first-order chi connectivity index (χ1) is 21.1. The Morgan fingerprint density at radius 3 is 2.32 bits per heavy atom. The van der Waals surface area contributed by atoms with E-state index in [1.54, 1.807) is 43.3 Å². The molecular formula is C33H37N5O5S. The number of amides is 2. The number of benzene rings is 2. The van der Waals surface area contributed by atoms with Gasteiger partial charge in [-0.15, -0.1) is 11.8 Å². The zero-order valence-corrected chi connectivity index (χ0v) is 26.6. The maximum Gasteiger partial charge on any atom is 0.240 e. The molecule has 3 heterocycles. The average molecular weight is 616 g/mol. The maximum absolute atomic E-state index is 13.9. The number of pyridine rings is 1. The van der Waals surface area contributed by atoms with Crippen LogP contribution in [-0.2, 0) is 21.5 Å². The van der Waals surface area contributed by atoms with Gasteiger partial charge in [0.15, 0.2) is 11.5 Å². The Kier molecular flexibility index (Phi) is 9.14. The molecular weight excluding hydrogens is 578 g/mol. The van der Waals surface area contributed by atoms with E-state index in [0.717, 1.165) is 28.1 Å². The number of methoxy groups -OCH3 is 3. The van der Waals surface area contributed by atoms with Gasteiger partial charge in [-0.2, -0.15) is 5.10 Å². The molecule has 10 nitrogen and oxygen atoms in total. The third-order valence-electron chi connectivity index (χ3n) is 7.37. The van der Waals surface area contributed by atoms with Gasteiger partial charge in [0.2, 0.25) is 11.8 Å². The smallest absolute Gasteiger partial charge is 0.240 e. The van der Waals surface area contributed by atoms with Crippen LogP contribution in [0.3, 0.4) is 0 Å². The molecule has 0 bridgehead atoms. The van der Waals surface area contributed by atoms with Crippen molar-refractivity contribution < 1.29 is 23.8 Å². The topological polar surface area (TPSA) is 108 Å². The Morgan fingerprint density at radius 2 is 1.68 bits per heavy atom. The summed E-state index contributed by atoms with van der Waals surface area (Å²) in [6.07, 6.45) is 3.36. The summed E-state index contributed by atoms with van der Waals surface area (Å²) in [4.78, 5) is 32.9. The molecule has 1 N–H and O–H groups in total. The molecule has 4 aromatic rings. The molecule has 11 heteroatoms. The Balaban J connectivity index is 1.67. The van der Waals surface area contributed by atoms with Crippen LogP contribution in [-0.4, -0.2) is 60.2 Å². The molecule has 230 valence electrons. The van der Waals surface area contributed by atoms with Crippen LogP contribution in [0.4, 0.5) is 5.82 Å². The zero-order valence-electron chi connectivity index (χ0n) is 25.8. The molecule has 1 unspecified atom stereocenters. The number of hydrogen-bond acceptors (Lipinski definition) is 8. The lowest BCUT2D eigenvalue weighted by Crippen LogP contribution is -2.42. The molecule has 0 fully saturated rings. The first kappa shape index (κ1) is 30.9. The van der Waals surface area contributed by atoms with E-state index in [0.29, 0.717) is 29.6 Å². The van der Waals surface area contributed by atoms with Gasteiger partial charge in [-0.1, -0.05) is 26.8 Å². The van der Waals surface area contributed by atoms with Crippen LogP contribution >= 0.6 is 11.8 Å². The number of thioether (sulfide) groups is 1. The number of anilines is 1. The monoisotopic (exact) mass is 615 g/mol. The Bertz CT molecular complexity index is 1630. The minimum atomic E-state index is -0.389. The van der Waals surface area contributed by atoms with E-state index in [-0.39, 0.29) is 34.8 Å². The lowest BCUT2D eigenvalue weighted by Gasteiger charge is -2.25. The van der Waals surface area contributed by atoms with Crippen LogP contribution in [0.15, 0.2) is 67.0 Å². The molecule has 1 aliphatic rings. The number of fused-ring (bicyclic) bond motifs is 1. The van der Waals surface area contributed by atoms with E-state index in [9.17, 15) is 9.59 Å². The normalized spacial score (nSPS) is 14.9. The van der Waals surface area contributed by atoms with Crippen LogP contribution in [0.25, 0.3) is 5.69 Å². The molecule has 2 amide bonds. The minimum absolute atomic E-state index is 0.164. The number of hydrogen-bond donors (Lipinski definition) is 1. The lowest BCUT2D eigenvalue weighted by molar-refractivity contribution is -0.123. The van der Waals surface area contributed by atoms with Crippen LogP contribution in [0.5, 0.6) is 17.2 Å². The molecule has 44 heavy (non-hydrogen) atoms. The molecule has 1 aliphatic heterocycles. The van der Waals surface area contributed by atoms with E-state index >= 15 is 0 Å². The summed E-state index contributed by atoms with van der Waals surface area (Å²) < 4.78 is 18.3. The van der Waals surface area contributed by atoms with Gasteiger partial charge in [0.05, 0.1) is 43.7 Å². The van der Waals surface area contributed by atoms with Crippen molar-refractivity contribution in [3.63, 3.8) is 0 Å². The van der Waals surface area contributed by atoms with Crippen LogP contribution < -0.4 is 24.4 Å². The van der Waals surface area contributed by atoms with Crippen LogP contribution in [0, 0.1) is 0 Å². The Labute approximate surface area is 261 Å². The number of carbonyl (C=O) groups is 2. The molecule has 2 aromatic carbocycles. The molecule has 0 spiro atoms. The largest absolute Gasteiger partial charge is 0.497 e. The van der Waals surface area contributed by atoms with Gasteiger partial charge in [0.25, 0.3) is 0 Å². The fourth-order valence-electron chi connectivity index (χ4n) is 5.16. The predicted octanol–water partition coefficient (Wildman–Crippen LogP) is 5.08. The summed E-state index contributed by atoms with van der Waals surface area (Å²) >= 11 is 1.51. The minimum Gasteiger partial charge on any atom is -0.497 e. The van der Waals surface area contributed by atoms with Crippen LogP contribution in [0.1, 0.15) is 48.4 Å². The number of rotatable bonds is 9. The van der Waals surface area contributed by atoms with E-state index in [4.69, 9.17) is 19.3 Å². The number of carbonyl (C=O) groups excluding carboxylic acids is 2. The van der Waals surface area contributed by atoms with Crippen molar-refractivity contribution >= 4 is 29.4 Å². The molecule has 5 rings (SSSR count). The maximum atomic E-state index is 13.9. The Hall–Kier alpha value is -4.51. The molecule has 2 aromatic heterocycles. The van der Waals surface area contributed by atoms with Gasteiger partial charge in [0, 0.05) is 29.9 Å². The summed E-state index contributed by atoms with van der Waals surface area (Å²) in [6, 6.07) is 17.0. The second-order valence-corrected chi connectivity index (χ2v) is 12.5. The van der Waals surface area contributed by atoms with Gasteiger partial charge < -0.3 is 19.5 Å². The summed E-state index contributed by atoms with van der Waals surface area (Å²) in [5.41, 5.74) is 3.90. The number of aromatic nitrogens is 3. The second kappa shape index (κ2) is 13.0. The molecule has 1 atom stereocenters. The molecule has 0 radical (unpaired) electrons. The predicted molar refractivity (Wildman–Crippen MR) is 171 cm³/mol. The highest BCUT2D eigenvalue weighted by molar-refractivity contribution is 8.00.